The van der Waals surface area contributed by atoms with Crippen LogP contribution < -0.4 is 4.90 Å². The predicted octanol–water partition coefficient (Wildman–Crippen LogP) is 0.463. The van der Waals surface area contributed by atoms with Crippen LogP contribution in [-0.2, 0) is 9.53 Å². The van der Waals surface area contributed by atoms with Crippen molar-refractivity contribution in [1.29, 1.82) is 0 Å². The lowest BCUT2D eigenvalue weighted by Gasteiger charge is -2.36. The van der Waals surface area contributed by atoms with E-state index in [1.807, 2.05) is 4.90 Å². The summed E-state index contributed by atoms with van der Waals surface area (Å²) >= 11 is 0. The molecule has 0 radical (unpaired) electrons. The molecule has 1 saturated heterocycles. The van der Waals surface area contributed by atoms with E-state index in [4.69, 9.17) is 9.84 Å². The van der Waals surface area contributed by atoms with E-state index in [0.717, 1.165) is 5.69 Å². The third kappa shape index (κ3) is 3.69. The summed E-state index contributed by atoms with van der Waals surface area (Å²) in [6, 6.07) is 3.25. The van der Waals surface area contributed by atoms with Gasteiger partial charge in [0.25, 0.3) is 5.91 Å². The number of aromatic nitrogens is 1. The number of anilines is 1. The molecule has 1 aromatic heterocycles. The molecule has 0 aliphatic carbocycles. The average Bonchev–Trinajstić information content (AvgIpc) is 2.46. The molecule has 2 rings (SSSR count). The number of pyridine rings is 1. The van der Waals surface area contributed by atoms with Crippen molar-refractivity contribution in [2.24, 2.45) is 0 Å². The average molecular weight is 293 g/mol. The van der Waals surface area contributed by atoms with E-state index in [2.05, 4.69) is 4.98 Å². The van der Waals surface area contributed by atoms with E-state index in [1.165, 1.54) is 4.90 Å². The van der Waals surface area contributed by atoms with Gasteiger partial charge < -0.3 is 19.6 Å². The van der Waals surface area contributed by atoms with Crippen LogP contribution in [0.25, 0.3) is 0 Å². The summed E-state index contributed by atoms with van der Waals surface area (Å²) in [6.45, 7) is 1.50. The van der Waals surface area contributed by atoms with Gasteiger partial charge in [-0.05, 0) is 12.1 Å². The summed E-state index contributed by atoms with van der Waals surface area (Å²) in [6.07, 6.45) is 1.57. The minimum atomic E-state index is -0.867. The molecule has 1 N–H and O–H groups in total. The number of carbonyl (C=O) groups is 2. The van der Waals surface area contributed by atoms with Crippen molar-refractivity contribution < 1.29 is 19.4 Å². The first-order valence-corrected chi connectivity index (χ1v) is 6.73. The number of hydrogen-bond acceptors (Lipinski definition) is 5. The lowest BCUT2D eigenvalue weighted by Crippen LogP contribution is -2.46. The highest BCUT2D eigenvalue weighted by Crippen LogP contribution is 2.22. The molecule has 0 saturated carbocycles. The summed E-state index contributed by atoms with van der Waals surface area (Å²) in [7, 11) is 3.33. The molecule has 1 fully saturated rings. The Labute approximate surface area is 123 Å². The lowest BCUT2D eigenvalue weighted by atomic mass is 10.1. The summed E-state index contributed by atoms with van der Waals surface area (Å²) in [5.74, 6) is -1.05. The number of carboxylic acid groups (broad SMARTS) is 1. The molecule has 2 heterocycles. The van der Waals surface area contributed by atoms with Crippen molar-refractivity contribution in [3.8, 4) is 0 Å². The second-order valence-electron chi connectivity index (χ2n) is 5.12. The highest BCUT2D eigenvalue weighted by Gasteiger charge is 2.26. The minimum Gasteiger partial charge on any atom is -0.481 e. The van der Waals surface area contributed by atoms with Crippen molar-refractivity contribution >= 4 is 17.6 Å². The minimum absolute atomic E-state index is 0.000711. The molecule has 7 heteroatoms. The van der Waals surface area contributed by atoms with Gasteiger partial charge in [-0.25, -0.2) is 0 Å². The number of rotatable bonds is 4. The van der Waals surface area contributed by atoms with Gasteiger partial charge in [0, 0.05) is 32.5 Å². The van der Waals surface area contributed by atoms with Crippen LogP contribution >= 0.6 is 0 Å². The van der Waals surface area contributed by atoms with Crippen LogP contribution in [0.5, 0.6) is 0 Å². The van der Waals surface area contributed by atoms with Gasteiger partial charge in [0.05, 0.1) is 25.7 Å². The van der Waals surface area contributed by atoms with Crippen molar-refractivity contribution in [2.75, 3.05) is 38.8 Å². The number of aliphatic carboxylic acids is 1. The number of nitrogens with zero attached hydrogens (tertiary/aromatic N) is 3. The van der Waals surface area contributed by atoms with Crippen LogP contribution in [-0.4, -0.2) is 66.8 Å². The van der Waals surface area contributed by atoms with Crippen LogP contribution in [0.1, 0.15) is 16.9 Å². The highest BCUT2D eigenvalue weighted by atomic mass is 16.5. The number of carboxylic acids is 1. The Hall–Kier alpha value is -2.15. The van der Waals surface area contributed by atoms with Crippen LogP contribution in [0.2, 0.25) is 0 Å². The van der Waals surface area contributed by atoms with E-state index < -0.39 is 5.97 Å². The van der Waals surface area contributed by atoms with Crippen LogP contribution in [0, 0.1) is 0 Å². The van der Waals surface area contributed by atoms with Gasteiger partial charge in [-0.3, -0.25) is 14.6 Å². The second kappa shape index (κ2) is 6.53. The zero-order valence-corrected chi connectivity index (χ0v) is 12.2. The molecule has 0 spiro atoms. The molecule has 0 aromatic carbocycles. The molecule has 1 aliphatic heterocycles. The predicted molar refractivity (Wildman–Crippen MR) is 76.5 cm³/mol. The quantitative estimate of drug-likeness (QED) is 0.868. The Balaban J connectivity index is 2.24. The Morgan fingerprint density at radius 1 is 1.52 bits per heavy atom. The van der Waals surface area contributed by atoms with Gasteiger partial charge in [-0.1, -0.05) is 0 Å². The molecule has 0 bridgehead atoms. The van der Waals surface area contributed by atoms with E-state index in [1.54, 1.807) is 32.4 Å². The van der Waals surface area contributed by atoms with Crippen molar-refractivity contribution in [1.82, 2.24) is 9.88 Å². The van der Waals surface area contributed by atoms with Crippen LogP contribution in [0.15, 0.2) is 18.3 Å². The summed E-state index contributed by atoms with van der Waals surface area (Å²) in [5, 5.41) is 8.99. The first-order valence-electron chi connectivity index (χ1n) is 6.73. The van der Waals surface area contributed by atoms with Crippen molar-refractivity contribution in [3.05, 3.63) is 24.0 Å². The van der Waals surface area contributed by atoms with E-state index >= 15 is 0 Å². The maximum atomic E-state index is 12.0. The number of amides is 1. The monoisotopic (exact) mass is 293 g/mol. The molecule has 1 amide bonds. The number of carbonyl (C=O) groups excluding carboxylic acids is 1. The number of hydrogen-bond donors (Lipinski definition) is 1. The summed E-state index contributed by atoms with van der Waals surface area (Å²) in [5.41, 5.74) is 1.14. The fourth-order valence-corrected chi connectivity index (χ4v) is 2.31. The van der Waals surface area contributed by atoms with Gasteiger partial charge in [0.2, 0.25) is 0 Å². The molecule has 1 aromatic rings. The maximum absolute atomic E-state index is 12.0. The summed E-state index contributed by atoms with van der Waals surface area (Å²) in [4.78, 5) is 30.4. The van der Waals surface area contributed by atoms with Gasteiger partial charge >= 0.3 is 5.97 Å². The van der Waals surface area contributed by atoms with E-state index in [9.17, 15) is 9.59 Å². The van der Waals surface area contributed by atoms with Crippen LogP contribution in [0.4, 0.5) is 5.69 Å². The van der Waals surface area contributed by atoms with Crippen LogP contribution in [0.3, 0.4) is 0 Å². The van der Waals surface area contributed by atoms with Gasteiger partial charge in [-0.2, -0.15) is 0 Å². The molecular formula is C14H19N3O4. The largest absolute Gasteiger partial charge is 0.481 e. The Kier molecular flexibility index (Phi) is 4.74. The topological polar surface area (TPSA) is 83.0 Å². The molecule has 7 nitrogen and oxygen atoms in total. The maximum Gasteiger partial charge on any atom is 0.305 e. The molecule has 21 heavy (non-hydrogen) atoms. The summed E-state index contributed by atoms with van der Waals surface area (Å²) < 4.78 is 5.35. The second-order valence-corrected chi connectivity index (χ2v) is 5.12. The smallest absolute Gasteiger partial charge is 0.305 e. The van der Waals surface area contributed by atoms with Crippen molar-refractivity contribution in [2.45, 2.75) is 12.5 Å². The zero-order chi connectivity index (χ0) is 15.4. The standard InChI is InChI=1S/C14H19N3O4/c1-16(2)14(20)12-7-10(3-4-15-12)17-5-6-21-9-11(17)8-13(18)19/h3-4,7,11H,5-6,8-9H2,1-2H3,(H,18,19). The molecule has 1 unspecified atom stereocenters. The Bertz CT molecular complexity index is 533. The van der Waals surface area contributed by atoms with E-state index in [-0.39, 0.29) is 18.4 Å². The highest BCUT2D eigenvalue weighted by molar-refractivity contribution is 5.92. The number of ether oxygens (including phenoxy) is 1. The van der Waals surface area contributed by atoms with Gasteiger partial charge in [0.15, 0.2) is 0 Å². The third-order valence-electron chi connectivity index (χ3n) is 3.34. The third-order valence-corrected chi connectivity index (χ3v) is 3.34. The Morgan fingerprint density at radius 3 is 2.95 bits per heavy atom. The normalized spacial score (nSPS) is 18.4. The molecular weight excluding hydrogens is 274 g/mol. The fourth-order valence-electron chi connectivity index (χ4n) is 2.31. The first-order chi connectivity index (χ1) is 9.99. The fraction of sp³-hybridized carbons (Fsp3) is 0.500. The zero-order valence-electron chi connectivity index (χ0n) is 12.2. The van der Waals surface area contributed by atoms with Crippen molar-refractivity contribution in [3.63, 3.8) is 0 Å². The van der Waals surface area contributed by atoms with Gasteiger partial charge in [0.1, 0.15) is 5.69 Å². The van der Waals surface area contributed by atoms with E-state index in [0.29, 0.717) is 25.5 Å². The van der Waals surface area contributed by atoms with Gasteiger partial charge in [-0.15, -0.1) is 0 Å². The molecule has 114 valence electrons. The Morgan fingerprint density at radius 2 is 2.29 bits per heavy atom. The first kappa shape index (κ1) is 15.2. The molecule has 1 aliphatic rings. The number of morpholine rings is 1. The molecule has 1 atom stereocenters. The SMILES string of the molecule is CN(C)C(=O)c1cc(N2CCOCC2CC(=O)O)ccn1. The lowest BCUT2D eigenvalue weighted by molar-refractivity contribution is -0.138.